The van der Waals surface area contributed by atoms with Gasteiger partial charge in [0.25, 0.3) is 0 Å². The molecule has 1 saturated heterocycles. The maximum atomic E-state index is 12.2. The summed E-state index contributed by atoms with van der Waals surface area (Å²) in [4.78, 5) is 14.0. The van der Waals surface area contributed by atoms with E-state index in [0.717, 1.165) is 0 Å². The Kier molecular flexibility index (Phi) is 4.91. The lowest BCUT2D eigenvalue weighted by Crippen LogP contribution is -2.41. The zero-order valence-corrected chi connectivity index (χ0v) is 12.1. The first-order valence-electron chi connectivity index (χ1n) is 5.99. The average Bonchev–Trinajstić information content (AvgIpc) is 2.39. The molecule has 104 valence electrons. The fraction of sp³-hybridized carbons (Fsp3) is 0.462. The van der Waals surface area contributed by atoms with Crippen molar-refractivity contribution in [3.8, 4) is 5.75 Å². The number of nitrogens with zero attached hydrogens (tertiary/aromatic N) is 1. The Morgan fingerprint density at radius 1 is 1.37 bits per heavy atom. The summed E-state index contributed by atoms with van der Waals surface area (Å²) < 4.78 is 10.5. The summed E-state index contributed by atoms with van der Waals surface area (Å²) in [5, 5.41) is 0.912. The normalized spacial score (nSPS) is 15.4. The van der Waals surface area contributed by atoms with E-state index in [0.29, 0.717) is 47.7 Å². The molecule has 1 fully saturated rings. The van der Waals surface area contributed by atoms with Gasteiger partial charge in [0, 0.05) is 23.7 Å². The number of halogens is 2. The number of rotatable bonds is 3. The number of benzene rings is 1. The molecule has 0 bridgehead atoms. The highest BCUT2D eigenvalue weighted by molar-refractivity contribution is 6.35. The van der Waals surface area contributed by atoms with E-state index in [1.54, 1.807) is 17.0 Å². The van der Waals surface area contributed by atoms with Gasteiger partial charge in [0.05, 0.1) is 31.8 Å². The fourth-order valence-corrected chi connectivity index (χ4v) is 2.67. The van der Waals surface area contributed by atoms with Gasteiger partial charge in [-0.2, -0.15) is 0 Å². The van der Waals surface area contributed by atoms with E-state index in [1.807, 2.05) is 0 Å². The van der Waals surface area contributed by atoms with Crippen LogP contribution in [0.2, 0.25) is 10.0 Å². The Morgan fingerprint density at radius 3 is 2.68 bits per heavy atom. The molecule has 1 aromatic carbocycles. The van der Waals surface area contributed by atoms with Crippen LogP contribution in [0.1, 0.15) is 5.56 Å². The van der Waals surface area contributed by atoms with Gasteiger partial charge in [0.1, 0.15) is 5.75 Å². The second-order valence-electron chi connectivity index (χ2n) is 4.25. The highest BCUT2D eigenvalue weighted by Crippen LogP contribution is 2.32. The molecule has 1 heterocycles. The molecule has 6 heteroatoms. The molecule has 0 aromatic heterocycles. The summed E-state index contributed by atoms with van der Waals surface area (Å²) in [6.45, 7) is 2.41. The molecule has 0 N–H and O–H groups in total. The van der Waals surface area contributed by atoms with Crippen molar-refractivity contribution in [3.05, 3.63) is 27.7 Å². The van der Waals surface area contributed by atoms with Crippen LogP contribution in [0, 0.1) is 0 Å². The van der Waals surface area contributed by atoms with Crippen molar-refractivity contribution >= 4 is 29.1 Å². The van der Waals surface area contributed by atoms with Crippen LogP contribution in [0.3, 0.4) is 0 Å². The van der Waals surface area contributed by atoms with Gasteiger partial charge in [0.2, 0.25) is 5.91 Å². The lowest BCUT2D eigenvalue weighted by atomic mass is 10.1. The van der Waals surface area contributed by atoms with E-state index in [2.05, 4.69) is 0 Å². The van der Waals surface area contributed by atoms with Gasteiger partial charge in [-0.25, -0.2) is 0 Å². The highest BCUT2D eigenvalue weighted by Gasteiger charge is 2.20. The maximum absolute atomic E-state index is 12.2. The molecule has 0 radical (unpaired) electrons. The molecule has 0 aliphatic carbocycles. The van der Waals surface area contributed by atoms with Crippen molar-refractivity contribution in [1.82, 2.24) is 4.90 Å². The molecule has 1 aliphatic heterocycles. The summed E-state index contributed by atoms with van der Waals surface area (Å²) in [7, 11) is 1.53. The molecule has 1 aliphatic rings. The van der Waals surface area contributed by atoms with Gasteiger partial charge < -0.3 is 14.4 Å². The van der Waals surface area contributed by atoms with E-state index in [-0.39, 0.29) is 12.3 Å². The number of hydrogen-bond acceptors (Lipinski definition) is 3. The van der Waals surface area contributed by atoms with Gasteiger partial charge in [-0.3, -0.25) is 4.79 Å². The first kappa shape index (κ1) is 14.4. The predicted octanol–water partition coefficient (Wildman–Crippen LogP) is 2.40. The third-order valence-corrected chi connectivity index (χ3v) is 3.49. The molecule has 0 spiro atoms. The lowest BCUT2D eigenvalue weighted by molar-refractivity contribution is -0.134. The van der Waals surface area contributed by atoms with Crippen LogP contribution in [0.4, 0.5) is 0 Å². The third-order valence-electron chi connectivity index (χ3n) is 2.99. The van der Waals surface area contributed by atoms with Crippen LogP contribution in [0.25, 0.3) is 0 Å². The van der Waals surface area contributed by atoms with Crippen LogP contribution >= 0.6 is 23.2 Å². The minimum atomic E-state index is 0.0277. The van der Waals surface area contributed by atoms with E-state index in [9.17, 15) is 4.79 Å². The maximum Gasteiger partial charge on any atom is 0.227 e. The molecule has 1 amide bonds. The van der Waals surface area contributed by atoms with Crippen LogP contribution in [0.5, 0.6) is 5.75 Å². The lowest BCUT2D eigenvalue weighted by Gasteiger charge is -2.27. The fourth-order valence-electron chi connectivity index (χ4n) is 2.06. The SMILES string of the molecule is COc1c(Cl)cc(Cl)cc1CC(=O)N1CCOCC1. The number of ether oxygens (including phenoxy) is 2. The Hall–Kier alpha value is -0.970. The van der Waals surface area contributed by atoms with Gasteiger partial charge in [-0.15, -0.1) is 0 Å². The number of morpholine rings is 1. The molecule has 2 rings (SSSR count). The van der Waals surface area contributed by atoms with E-state index >= 15 is 0 Å². The second-order valence-corrected chi connectivity index (χ2v) is 5.09. The van der Waals surface area contributed by atoms with Gasteiger partial charge in [-0.05, 0) is 12.1 Å². The summed E-state index contributed by atoms with van der Waals surface area (Å²) >= 11 is 12.0. The Balaban J connectivity index is 2.15. The first-order chi connectivity index (χ1) is 9.11. The Morgan fingerprint density at radius 2 is 2.05 bits per heavy atom. The average molecular weight is 304 g/mol. The number of carbonyl (C=O) groups is 1. The number of carbonyl (C=O) groups excluding carboxylic acids is 1. The van der Waals surface area contributed by atoms with Crippen molar-refractivity contribution < 1.29 is 14.3 Å². The van der Waals surface area contributed by atoms with Crippen molar-refractivity contribution in [2.45, 2.75) is 6.42 Å². The predicted molar refractivity (Wildman–Crippen MR) is 74.1 cm³/mol. The number of amides is 1. The third kappa shape index (κ3) is 3.53. The van der Waals surface area contributed by atoms with E-state index in [4.69, 9.17) is 32.7 Å². The number of hydrogen-bond donors (Lipinski definition) is 0. The summed E-state index contributed by atoms with van der Waals surface area (Å²) in [5.74, 6) is 0.535. The van der Waals surface area contributed by atoms with Crippen molar-refractivity contribution in [2.24, 2.45) is 0 Å². The van der Waals surface area contributed by atoms with Gasteiger partial charge in [-0.1, -0.05) is 23.2 Å². The summed E-state index contributed by atoms with van der Waals surface area (Å²) in [6, 6.07) is 3.31. The number of methoxy groups -OCH3 is 1. The van der Waals surface area contributed by atoms with Crippen molar-refractivity contribution in [3.63, 3.8) is 0 Å². The Bertz CT molecular complexity index is 473. The largest absolute Gasteiger partial charge is 0.495 e. The molecule has 0 unspecified atom stereocenters. The molecule has 0 atom stereocenters. The summed E-state index contributed by atoms with van der Waals surface area (Å²) in [5.41, 5.74) is 0.705. The summed E-state index contributed by atoms with van der Waals surface area (Å²) in [6.07, 6.45) is 0.226. The van der Waals surface area contributed by atoms with Crippen LogP contribution in [-0.2, 0) is 16.0 Å². The smallest absolute Gasteiger partial charge is 0.227 e. The van der Waals surface area contributed by atoms with Crippen LogP contribution in [0.15, 0.2) is 12.1 Å². The quantitative estimate of drug-likeness (QED) is 0.861. The van der Waals surface area contributed by atoms with Crippen molar-refractivity contribution in [1.29, 1.82) is 0 Å². The van der Waals surface area contributed by atoms with Gasteiger partial charge >= 0.3 is 0 Å². The zero-order valence-electron chi connectivity index (χ0n) is 10.6. The highest BCUT2D eigenvalue weighted by atomic mass is 35.5. The van der Waals surface area contributed by atoms with E-state index < -0.39 is 0 Å². The molecular weight excluding hydrogens is 289 g/mol. The topological polar surface area (TPSA) is 38.8 Å². The molecule has 0 saturated carbocycles. The molecule has 4 nitrogen and oxygen atoms in total. The van der Waals surface area contributed by atoms with Crippen LogP contribution in [-0.4, -0.2) is 44.2 Å². The molecular formula is C13H15Cl2NO3. The van der Waals surface area contributed by atoms with Crippen molar-refractivity contribution in [2.75, 3.05) is 33.4 Å². The van der Waals surface area contributed by atoms with E-state index in [1.165, 1.54) is 7.11 Å². The van der Waals surface area contributed by atoms with Gasteiger partial charge in [0.15, 0.2) is 0 Å². The minimum Gasteiger partial charge on any atom is -0.495 e. The Labute approximate surface area is 122 Å². The molecule has 1 aromatic rings. The zero-order chi connectivity index (χ0) is 13.8. The standard InChI is InChI=1S/C13H15Cl2NO3/c1-18-13-9(6-10(14)8-11(13)15)7-12(17)16-2-4-19-5-3-16/h6,8H,2-5,7H2,1H3. The van der Waals surface area contributed by atoms with Crippen LogP contribution < -0.4 is 4.74 Å². The molecule has 19 heavy (non-hydrogen) atoms. The first-order valence-corrected chi connectivity index (χ1v) is 6.75. The monoisotopic (exact) mass is 303 g/mol. The second kappa shape index (κ2) is 6.46. The minimum absolute atomic E-state index is 0.0277.